The minimum Gasteiger partial charge on any atom is -0.364 e. The number of hydrogen-bond acceptors (Lipinski definition) is 5. The van der Waals surface area contributed by atoms with Gasteiger partial charge in [-0.3, -0.25) is 0 Å². The number of pyridine rings is 1. The van der Waals surface area contributed by atoms with Crippen molar-refractivity contribution in [3.05, 3.63) is 40.2 Å². The van der Waals surface area contributed by atoms with Gasteiger partial charge in [-0.15, -0.1) is 11.3 Å². The molecule has 0 fully saturated rings. The third kappa shape index (κ3) is 3.33. The highest BCUT2D eigenvalue weighted by molar-refractivity contribution is 7.90. The van der Waals surface area contributed by atoms with Crippen LogP contribution in [0.15, 0.2) is 34.7 Å². The van der Waals surface area contributed by atoms with E-state index in [0.29, 0.717) is 12.4 Å². The van der Waals surface area contributed by atoms with Crippen LogP contribution in [0.2, 0.25) is 0 Å². The van der Waals surface area contributed by atoms with Crippen molar-refractivity contribution >= 4 is 27.0 Å². The van der Waals surface area contributed by atoms with Crippen LogP contribution in [0.25, 0.3) is 0 Å². The molecule has 1 N–H and O–H groups in total. The summed E-state index contributed by atoms with van der Waals surface area (Å²) in [5, 5.41) is 5.16. The molecule has 6 heteroatoms. The van der Waals surface area contributed by atoms with Gasteiger partial charge < -0.3 is 5.32 Å². The molecule has 0 bridgehead atoms. The van der Waals surface area contributed by atoms with Crippen LogP contribution in [-0.2, 0) is 22.8 Å². The van der Waals surface area contributed by atoms with E-state index in [2.05, 4.69) is 23.3 Å². The molecule has 0 aromatic carbocycles. The normalized spacial score (nSPS) is 11.5. The number of nitrogens with zero attached hydrogens (tertiary/aromatic N) is 1. The summed E-state index contributed by atoms with van der Waals surface area (Å²) < 4.78 is 23.3. The lowest BCUT2D eigenvalue weighted by molar-refractivity contribution is 0.601. The number of nitrogens with one attached hydrogen (secondary N) is 1. The third-order valence-corrected chi connectivity index (χ3v) is 4.90. The molecule has 2 aromatic heterocycles. The molecule has 102 valence electrons. The van der Waals surface area contributed by atoms with Gasteiger partial charge in [0.1, 0.15) is 10.7 Å². The zero-order chi connectivity index (χ0) is 13.9. The van der Waals surface area contributed by atoms with Crippen molar-refractivity contribution in [1.82, 2.24) is 4.98 Å². The molecule has 0 radical (unpaired) electrons. The highest BCUT2D eigenvalue weighted by Gasteiger charge is 2.14. The third-order valence-electron chi connectivity index (χ3n) is 2.81. The molecule has 2 heterocycles. The predicted molar refractivity (Wildman–Crippen MR) is 78.4 cm³/mol. The molecule has 2 rings (SSSR count). The van der Waals surface area contributed by atoms with E-state index in [1.54, 1.807) is 29.7 Å². The quantitative estimate of drug-likeness (QED) is 0.921. The summed E-state index contributed by atoms with van der Waals surface area (Å²) >= 11 is 1.67. The zero-order valence-corrected chi connectivity index (χ0v) is 12.5. The van der Waals surface area contributed by atoms with E-state index < -0.39 is 9.84 Å². The first-order valence-electron chi connectivity index (χ1n) is 5.96. The second-order valence-corrected chi connectivity index (χ2v) is 7.18. The van der Waals surface area contributed by atoms with Gasteiger partial charge in [0.15, 0.2) is 9.84 Å². The van der Waals surface area contributed by atoms with Crippen molar-refractivity contribution in [3.8, 4) is 0 Å². The fourth-order valence-electron chi connectivity index (χ4n) is 1.82. The number of rotatable bonds is 5. The maximum atomic E-state index is 11.7. The lowest BCUT2D eigenvalue weighted by atomic mass is 10.2. The van der Waals surface area contributed by atoms with Crippen LogP contribution in [-0.4, -0.2) is 19.7 Å². The summed E-state index contributed by atoms with van der Waals surface area (Å²) in [6, 6.07) is 5.29. The molecule has 4 nitrogen and oxygen atoms in total. The van der Waals surface area contributed by atoms with Gasteiger partial charge in [0, 0.05) is 17.3 Å². The summed E-state index contributed by atoms with van der Waals surface area (Å²) in [7, 11) is -3.26. The van der Waals surface area contributed by atoms with Crippen LogP contribution in [0.5, 0.6) is 0 Å². The van der Waals surface area contributed by atoms with Crippen molar-refractivity contribution in [3.63, 3.8) is 0 Å². The topological polar surface area (TPSA) is 59.1 Å². The van der Waals surface area contributed by atoms with E-state index in [1.165, 1.54) is 16.7 Å². The van der Waals surface area contributed by atoms with Gasteiger partial charge in [-0.2, -0.15) is 0 Å². The molecule has 0 aliphatic carbocycles. The minimum atomic E-state index is -3.26. The fourth-order valence-corrected chi connectivity index (χ4v) is 3.54. The first-order chi connectivity index (χ1) is 9.02. The summed E-state index contributed by atoms with van der Waals surface area (Å²) in [5.74, 6) is 0.417. The van der Waals surface area contributed by atoms with Crippen LogP contribution in [0.4, 0.5) is 5.82 Å². The SMILES string of the molecule is CCc1ccsc1CNc1ncccc1S(C)(=O)=O. The molecule has 0 amide bonds. The fraction of sp³-hybridized carbons (Fsp3) is 0.308. The highest BCUT2D eigenvalue weighted by atomic mass is 32.2. The number of hydrogen-bond donors (Lipinski definition) is 1. The van der Waals surface area contributed by atoms with Gasteiger partial charge in [0.05, 0.1) is 6.54 Å². The molecule has 19 heavy (non-hydrogen) atoms. The second kappa shape index (κ2) is 5.71. The van der Waals surface area contributed by atoms with Crippen molar-refractivity contribution < 1.29 is 8.42 Å². The number of thiophene rings is 1. The Labute approximate surface area is 117 Å². The molecule has 0 unspecified atom stereocenters. The molecule has 0 spiro atoms. The highest BCUT2D eigenvalue weighted by Crippen LogP contribution is 2.22. The number of sulfone groups is 1. The average molecular weight is 296 g/mol. The number of aryl methyl sites for hydroxylation is 1. The number of anilines is 1. The lowest BCUT2D eigenvalue weighted by Gasteiger charge is -2.09. The molecule has 0 aliphatic heterocycles. The number of aromatic nitrogens is 1. The molecular formula is C13H16N2O2S2. The smallest absolute Gasteiger partial charge is 0.179 e. The van der Waals surface area contributed by atoms with Crippen LogP contribution < -0.4 is 5.32 Å². The molecule has 0 aliphatic rings. The van der Waals surface area contributed by atoms with Crippen LogP contribution in [0.3, 0.4) is 0 Å². The Balaban J connectivity index is 2.21. The van der Waals surface area contributed by atoms with Gasteiger partial charge in [-0.05, 0) is 35.6 Å². The second-order valence-electron chi connectivity index (χ2n) is 4.20. The van der Waals surface area contributed by atoms with Crippen LogP contribution in [0, 0.1) is 0 Å². The Morgan fingerprint density at radius 3 is 2.84 bits per heavy atom. The summed E-state index contributed by atoms with van der Waals surface area (Å²) in [4.78, 5) is 5.57. The monoisotopic (exact) mass is 296 g/mol. The predicted octanol–water partition coefficient (Wildman–Crippen LogP) is 2.72. The average Bonchev–Trinajstić information content (AvgIpc) is 2.83. The Morgan fingerprint density at radius 2 is 2.16 bits per heavy atom. The Bertz CT molecular complexity index is 663. The van der Waals surface area contributed by atoms with Gasteiger partial charge in [-0.1, -0.05) is 6.92 Å². The van der Waals surface area contributed by atoms with Crippen molar-refractivity contribution in [1.29, 1.82) is 0 Å². The minimum absolute atomic E-state index is 0.240. The Kier molecular flexibility index (Phi) is 4.21. The molecule has 0 saturated carbocycles. The molecule has 0 atom stereocenters. The molecule has 2 aromatic rings. The van der Waals surface area contributed by atoms with Crippen LogP contribution in [0.1, 0.15) is 17.4 Å². The van der Waals surface area contributed by atoms with Crippen LogP contribution >= 0.6 is 11.3 Å². The van der Waals surface area contributed by atoms with Crippen molar-refractivity contribution in [2.24, 2.45) is 0 Å². The van der Waals surface area contributed by atoms with E-state index in [9.17, 15) is 8.42 Å². The van der Waals surface area contributed by atoms with E-state index in [-0.39, 0.29) is 4.90 Å². The first kappa shape index (κ1) is 14.0. The van der Waals surface area contributed by atoms with E-state index >= 15 is 0 Å². The van der Waals surface area contributed by atoms with Gasteiger partial charge in [0.25, 0.3) is 0 Å². The van der Waals surface area contributed by atoms with Gasteiger partial charge >= 0.3 is 0 Å². The standard InChI is InChI=1S/C13H16N2O2S2/c1-3-10-6-8-18-11(10)9-15-13-12(19(2,16)17)5-4-7-14-13/h4-8H,3,9H2,1-2H3,(H,14,15). The molecule has 0 saturated heterocycles. The van der Waals surface area contributed by atoms with Gasteiger partial charge in [-0.25, -0.2) is 13.4 Å². The lowest BCUT2D eigenvalue weighted by Crippen LogP contribution is -2.07. The van der Waals surface area contributed by atoms with E-state index in [4.69, 9.17) is 0 Å². The van der Waals surface area contributed by atoms with Crippen molar-refractivity contribution in [2.75, 3.05) is 11.6 Å². The maximum Gasteiger partial charge on any atom is 0.179 e. The van der Waals surface area contributed by atoms with E-state index in [0.717, 1.165) is 6.42 Å². The summed E-state index contributed by atoms with van der Waals surface area (Å²) in [6.07, 6.45) is 3.76. The van der Waals surface area contributed by atoms with Gasteiger partial charge in [0.2, 0.25) is 0 Å². The largest absolute Gasteiger partial charge is 0.364 e. The zero-order valence-electron chi connectivity index (χ0n) is 10.9. The molecular weight excluding hydrogens is 280 g/mol. The summed E-state index contributed by atoms with van der Waals surface area (Å²) in [6.45, 7) is 2.70. The van der Waals surface area contributed by atoms with E-state index in [1.807, 2.05) is 5.38 Å². The first-order valence-corrected chi connectivity index (χ1v) is 8.73. The Hall–Kier alpha value is -1.40. The summed E-state index contributed by atoms with van der Waals surface area (Å²) in [5.41, 5.74) is 1.29. The Morgan fingerprint density at radius 1 is 1.37 bits per heavy atom. The maximum absolute atomic E-state index is 11.7. The van der Waals surface area contributed by atoms with Crippen molar-refractivity contribution in [2.45, 2.75) is 24.8 Å².